The minimum atomic E-state index is -0.374. The van der Waals surface area contributed by atoms with E-state index in [1.165, 1.54) is 24.3 Å². The fraction of sp³-hybridized carbons (Fsp3) is 0.385. The van der Waals surface area contributed by atoms with E-state index in [-0.39, 0.29) is 72.2 Å². The van der Waals surface area contributed by atoms with Crippen LogP contribution in [0.3, 0.4) is 0 Å². The number of nitrogens with one attached hydrogen (secondary N) is 4. The van der Waals surface area contributed by atoms with Crippen molar-refractivity contribution in [2.45, 2.75) is 192 Å². The summed E-state index contributed by atoms with van der Waals surface area (Å²) in [6.07, 6.45) is 30.2. The highest BCUT2D eigenvalue weighted by Crippen LogP contribution is 2.48. The van der Waals surface area contributed by atoms with Crippen molar-refractivity contribution in [3.05, 3.63) is 224 Å². The summed E-state index contributed by atoms with van der Waals surface area (Å²) in [6.45, 7) is 11.4. The van der Waals surface area contributed by atoms with Crippen LogP contribution in [0.25, 0.3) is 88.5 Å². The topological polar surface area (TPSA) is 324 Å². The number of fused-ring (bicyclic) bond motifs is 12. The summed E-state index contributed by atoms with van der Waals surface area (Å²) in [5.74, 6) is 2.73. The molecule has 15 aromatic rings. The van der Waals surface area contributed by atoms with E-state index >= 15 is 0 Å². The first-order chi connectivity index (χ1) is 61.9. The van der Waals surface area contributed by atoms with Gasteiger partial charge in [-0.15, -0.1) is 0 Å². The number of H-pyrrole nitrogens is 4. The highest BCUT2D eigenvalue weighted by Gasteiger charge is 2.53. The van der Waals surface area contributed by atoms with E-state index in [0.29, 0.717) is 72.3 Å². The lowest BCUT2D eigenvalue weighted by molar-refractivity contribution is -0.141. The molecule has 4 amide bonds. The first kappa shape index (κ1) is 81.7. The van der Waals surface area contributed by atoms with Crippen molar-refractivity contribution in [1.82, 2.24) is 115 Å². The highest BCUT2D eigenvalue weighted by molar-refractivity contribution is 5.88. The molecule has 8 bridgehead atoms. The van der Waals surface area contributed by atoms with Gasteiger partial charge in [0.25, 0.3) is 11.8 Å². The summed E-state index contributed by atoms with van der Waals surface area (Å²) >= 11 is 0. The second kappa shape index (κ2) is 34.7. The minimum absolute atomic E-state index is 0.0307. The van der Waals surface area contributed by atoms with Crippen molar-refractivity contribution < 1.29 is 37.4 Å². The Morgan fingerprint density at radius 2 is 0.819 bits per heavy atom. The molecular formula is C96H101F2N23O6. The highest BCUT2D eigenvalue weighted by atomic mass is 19.1. The number of aryl methyl sites for hydroxylation is 2. The second-order valence-electron chi connectivity index (χ2n) is 36.4. The second-order valence-corrected chi connectivity index (χ2v) is 36.4. The number of aromatic nitrogens is 19. The number of para-hydroxylation sites is 1. The lowest BCUT2D eigenvalue weighted by Gasteiger charge is -2.30. The zero-order valence-electron chi connectivity index (χ0n) is 71.3. The van der Waals surface area contributed by atoms with E-state index in [1.54, 1.807) is 36.8 Å². The molecule has 4 N–H and O–H groups in total. The predicted octanol–water partition coefficient (Wildman–Crippen LogP) is 14.8. The predicted molar refractivity (Wildman–Crippen MR) is 472 cm³/mol. The fourth-order valence-corrected chi connectivity index (χ4v) is 21.8. The van der Waals surface area contributed by atoms with Crippen LogP contribution in [-0.4, -0.2) is 200 Å². The Bertz CT molecular complexity index is 6250. The summed E-state index contributed by atoms with van der Waals surface area (Å²) < 4.78 is 46.6. The zero-order chi connectivity index (χ0) is 86.6. The average molecular weight is 1710 g/mol. The van der Waals surface area contributed by atoms with Gasteiger partial charge in [0, 0.05) is 166 Å². The molecule has 0 spiro atoms. The maximum atomic E-state index is 13.5. The van der Waals surface area contributed by atoms with Crippen molar-refractivity contribution in [3.8, 4) is 56.4 Å². The molecule has 0 saturated carbocycles. The molecule has 8 aromatic heterocycles. The first-order valence-corrected chi connectivity index (χ1v) is 44.4. The Hall–Kier alpha value is -13.6. The number of hydrogen-bond donors (Lipinski definition) is 4. The number of carbonyl (C=O) groups is 4. The number of ether oxygens (including phenoxy) is 2. The van der Waals surface area contributed by atoms with Gasteiger partial charge in [-0.25, -0.2) is 8.78 Å². The summed E-state index contributed by atoms with van der Waals surface area (Å²) in [5, 5.41) is 61.9. The minimum Gasteiger partial charge on any atom is -0.484 e. The molecule has 8 saturated heterocycles. The van der Waals surface area contributed by atoms with Crippen molar-refractivity contribution in [2.75, 3.05) is 13.2 Å². The van der Waals surface area contributed by atoms with Gasteiger partial charge >= 0.3 is 0 Å². The van der Waals surface area contributed by atoms with Gasteiger partial charge in [-0.05, 0) is 186 Å². The Kier molecular flexibility index (Phi) is 22.3. The van der Waals surface area contributed by atoms with Gasteiger partial charge in [0.2, 0.25) is 11.8 Å². The normalized spacial score (nSPS) is 22.3. The van der Waals surface area contributed by atoms with Crippen LogP contribution in [0.15, 0.2) is 201 Å². The molecule has 23 rings (SSSR count). The molecule has 0 aliphatic carbocycles. The van der Waals surface area contributed by atoms with Crippen molar-refractivity contribution in [2.24, 2.45) is 29.1 Å². The van der Waals surface area contributed by atoms with E-state index < -0.39 is 0 Å². The molecule has 127 heavy (non-hydrogen) atoms. The van der Waals surface area contributed by atoms with Crippen molar-refractivity contribution in [1.29, 1.82) is 0 Å². The summed E-state index contributed by atoms with van der Waals surface area (Å²) in [5.41, 5.74) is 13.7. The van der Waals surface area contributed by atoms with Crippen LogP contribution in [0.1, 0.15) is 115 Å². The molecule has 12 unspecified atom stereocenters. The van der Waals surface area contributed by atoms with Gasteiger partial charge in [-0.1, -0.05) is 81.4 Å². The number of carbonyl (C=O) groups excluding carboxylic acids is 4. The lowest BCUT2D eigenvalue weighted by Crippen LogP contribution is -2.43. The molecule has 8 aliphatic rings. The number of rotatable bonds is 21. The number of halogens is 2. The van der Waals surface area contributed by atoms with E-state index in [9.17, 15) is 28.0 Å². The van der Waals surface area contributed by atoms with Gasteiger partial charge in [-0.3, -0.25) is 43.0 Å². The van der Waals surface area contributed by atoms with E-state index in [4.69, 9.17) is 9.47 Å². The maximum Gasteiger partial charge on any atom is 0.261 e. The standard InChI is InChI=1S/C25H25FN6O.C25H26N6O2.C24H23FN6O2.C22H27N5O/c26-20-3-1-2-16(10-20)4-9-25(33)32-21-6-8-24(32)19(12-21)15-31-23-7-5-17(11-18(23)13-28-31)22-14-27-30-29-22;1-16-4-2-3-5-24(16)33-15-25(32)31-20-7-9-23(31)19(11-20)14-30-22-8-6-17(10-18(22)12-27-30)21-13-26-29-28-21;25-18-2-1-3-20(10-18)33-14-24(32)31-19-5-7-23(31)17(9-19)13-30-22-6-4-15(8-16(22)11-27-30)21-12-26-29-28-21;1-22(2,3)21(28)27-18-5-7-20(27)16(9-18)13-26-19-6-4-14(8-15(19)12-25-26)17-10-23-24-11-17/h1-3,5,7,10-11,13-14,19,21,24H,4,6,8-9,12,15H2,(H,27,29,30);2-6,8,10,12-13,19-20,23H,7,9,11,14-15H2,1H3,(H,26,28,29);1-4,6,8,10-12,17,19,23H,5,7,9,13-14H2,(H,26,28,29);4,6,8,10-12,16,18,20H,5,7,9,13H2,1-3H3,(H,23,24). The third kappa shape index (κ3) is 16.7. The molecule has 12 atom stereocenters. The molecule has 29 nitrogen and oxygen atoms in total. The third-order valence-corrected chi connectivity index (χ3v) is 27.7. The smallest absolute Gasteiger partial charge is 0.261 e. The van der Waals surface area contributed by atoms with E-state index in [2.05, 4.69) is 166 Å². The van der Waals surface area contributed by atoms with Crippen LogP contribution in [0.2, 0.25) is 0 Å². The number of amides is 4. The van der Waals surface area contributed by atoms with Crippen LogP contribution >= 0.6 is 0 Å². The third-order valence-electron chi connectivity index (χ3n) is 27.7. The summed E-state index contributed by atoms with van der Waals surface area (Å²) in [7, 11) is 0. The van der Waals surface area contributed by atoms with Crippen LogP contribution < -0.4 is 9.47 Å². The zero-order valence-corrected chi connectivity index (χ0v) is 71.3. The molecule has 7 aromatic carbocycles. The molecular weight excluding hydrogens is 1610 g/mol. The van der Waals surface area contributed by atoms with Gasteiger partial charge < -0.3 is 29.1 Å². The monoisotopic (exact) mass is 1710 g/mol. The average Bonchev–Trinajstić information content (AvgIpc) is 1.64. The van der Waals surface area contributed by atoms with Gasteiger partial charge in [0.05, 0.1) is 71.6 Å². The Morgan fingerprint density at radius 1 is 0.409 bits per heavy atom. The van der Waals surface area contributed by atoms with E-state index in [1.807, 2.05) is 117 Å². The van der Waals surface area contributed by atoms with E-state index in [0.717, 1.165) is 209 Å². The Morgan fingerprint density at radius 3 is 1.24 bits per heavy atom. The molecule has 8 aliphatic heterocycles. The van der Waals surface area contributed by atoms with Gasteiger partial charge in [0.15, 0.2) is 13.2 Å². The van der Waals surface area contributed by atoms with Crippen molar-refractivity contribution in [3.63, 3.8) is 0 Å². The van der Waals surface area contributed by atoms with Crippen LogP contribution in [0.5, 0.6) is 11.5 Å². The molecule has 0 radical (unpaired) electrons. The molecule has 31 heteroatoms. The SMILES string of the molecule is CC(C)(C)C(=O)N1C2CCC1C(Cn1ncc3cc(-c4cn[nH]c4)ccc31)C2.Cc1ccccc1OCC(=O)N1C2CCC1C(Cn1ncc3cc(-c4cn[nH]n4)ccc31)C2.O=C(CCc1cccc(F)c1)N1C2CCC1C(Cn1ncc3cc(-c4cn[nH]n4)ccc31)C2.O=C(COc1cccc(F)c1)N1C2CCC1C(Cn1ncc3cc(-c4cn[nH]n4)ccc31)C2. The number of nitrogens with zero attached hydrogens (tertiary/aromatic N) is 19. The largest absolute Gasteiger partial charge is 0.484 e. The van der Waals surface area contributed by atoms with Gasteiger partial charge in [-0.2, -0.15) is 71.7 Å². The molecule has 8 fully saturated rings. The number of benzene rings is 7. The summed E-state index contributed by atoms with van der Waals surface area (Å²) in [4.78, 5) is 60.4. The number of aromatic amines is 4. The van der Waals surface area contributed by atoms with Crippen LogP contribution in [0, 0.1) is 47.6 Å². The lowest BCUT2D eigenvalue weighted by atomic mass is 9.89. The molecule has 650 valence electrons. The Labute approximate surface area is 730 Å². The summed E-state index contributed by atoms with van der Waals surface area (Å²) in [6, 6.07) is 47.7. The Balaban J connectivity index is 0.000000107. The van der Waals surface area contributed by atoms with Crippen LogP contribution in [-0.2, 0) is 51.8 Å². The van der Waals surface area contributed by atoms with Crippen LogP contribution in [0.4, 0.5) is 8.78 Å². The maximum absolute atomic E-state index is 13.5. The fourth-order valence-electron chi connectivity index (χ4n) is 21.8. The molecule has 16 heterocycles. The van der Waals surface area contributed by atoms with Crippen molar-refractivity contribution >= 4 is 67.2 Å². The first-order valence-electron chi connectivity index (χ1n) is 44.4. The number of hydrogen-bond acceptors (Lipinski definition) is 17. The quantitative estimate of drug-likeness (QED) is 0.0519. The van der Waals surface area contributed by atoms with Gasteiger partial charge in [0.1, 0.15) is 40.2 Å².